The number of ether oxygens (including phenoxy) is 1. The Morgan fingerprint density at radius 2 is 1.92 bits per heavy atom. The third kappa shape index (κ3) is 3.46. The fourth-order valence-corrected chi connectivity index (χ4v) is 3.80. The number of hydrogen-bond donors (Lipinski definition) is 2. The van der Waals surface area contributed by atoms with Crippen molar-refractivity contribution in [3.63, 3.8) is 0 Å². The molecule has 0 aromatic heterocycles. The summed E-state index contributed by atoms with van der Waals surface area (Å²) in [5, 5.41) is 5.50. The number of hydrogen-bond acceptors (Lipinski definition) is 3. The molecule has 0 heterocycles. The van der Waals surface area contributed by atoms with Gasteiger partial charge >= 0.3 is 0 Å². The van der Waals surface area contributed by atoms with E-state index in [9.17, 15) is 4.79 Å². The fraction of sp³-hybridized carbons (Fsp3) is 0.476. The predicted octanol–water partition coefficient (Wildman–Crippen LogP) is 3.45. The second-order valence-electron chi connectivity index (χ2n) is 7.49. The van der Waals surface area contributed by atoms with Crippen molar-refractivity contribution < 1.29 is 9.53 Å². The van der Waals surface area contributed by atoms with Crippen LogP contribution >= 0.6 is 12.4 Å². The van der Waals surface area contributed by atoms with Crippen LogP contribution in [0, 0.1) is 5.41 Å². The fourth-order valence-electron chi connectivity index (χ4n) is 3.80. The lowest BCUT2D eigenvalue weighted by Gasteiger charge is -2.57. The van der Waals surface area contributed by atoms with Gasteiger partial charge < -0.3 is 15.8 Å². The van der Waals surface area contributed by atoms with Gasteiger partial charge in [0.15, 0.2) is 0 Å². The van der Waals surface area contributed by atoms with E-state index in [1.807, 2.05) is 32.9 Å². The van der Waals surface area contributed by atoms with Crippen LogP contribution < -0.4 is 11.1 Å². The minimum Gasteiger partial charge on any atom is -0.378 e. The molecule has 0 radical (unpaired) electrons. The van der Waals surface area contributed by atoms with Gasteiger partial charge in [-0.15, -0.1) is 12.4 Å². The van der Waals surface area contributed by atoms with Crippen molar-refractivity contribution in [1.82, 2.24) is 5.32 Å². The van der Waals surface area contributed by atoms with Crippen LogP contribution in [0.3, 0.4) is 0 Å². The second-order valence-corrected chi connectivity index (χ2v) is 7.49. The van der Waals surface area contributed by atoms with E-state index in [0.717, 1.165) is 6.42 Å². The molecular weight excluding hydrogens is 348 g/mol. The number of nitrogens with one attached hydrogen (secondary N) is 1. The monoisotopic (exact) mass is 376 g/mol. The Morgan fingerprint density at radius 1 is 1.23 bits per heavy atom. The Morgan fingerprint density at radius 3 is 2.62 bits per heavy atom. The molecule has 1 fully saturated rings. The summed E-state index contributed by atoms with van der Waals surface area (Å²) in [5.74, 6) is -0.0753. The molecule has 1 saturated carbocycles. The largest absolute Gasteiger partial charge is 0.378 e. The van der Waals surface area contributed by atoms with E-state index in [0.29, 0.717) is 19.6 Å². The van der Waals surface area contributed by atoms with Gasteiger partial charge in [0.05, 0.1) is 6.10 Å². The Balaban J connectivity index is 0.00000243. The van der Waals surface area contributed by atoms with Crippen LogP contribution in [0.4, 0.5) is 0 Å². The molecule has 1 aliphatic carbocycles. The summed E-state index contributed by atoms with van der Waals surface area (Å²) in [5.41, 5.74) is 6.45. The predicted molar refractivity (Wildman–Crippen MR) is 109 cm³/mol. The zero-order valence-electron chi connectivity index (χ0n) is 15.7. The third-order valence-electron chi connectivity index (χ3n) is 5.79. The van der Waals surface area contributed by atoms with Crippen LogP contribution in [0.15, 0.2) is 42.5 Å². The van der Waals surface area contributed by atoms with Gasteiger partial charge in [-0.05, 0) is 29.7 Å². The number of nitrogens with two attached hydrogens (primary N) is 1. The Bertz CT molecular complexity index is 772. The molecule has 1 amide bonds. The highest BCUT2D eigenvalue weighted by Crippen LogP contribution is 2.49. The molecule has 0 bridgehead atoms. The Labute approximate surface area is 161 Å². The van der Waals surface area contributed by atoms with E-state index in [1.165, 1.54) is 16.3 Å². The summed E-state index contributed by atoms with van der Waals surface area (Å²) in [6.07, 6.45) is 1.42. The second kappa shape index (κ2) is 7.95. The summed E-state index contributed by atoms with van der Waals surface area (Å²) in [6.45, 7) is 7.23. The highest BCUT2D eigenvalue weighted by atomic mass is 35.5. The van der Waals surface area contributed by atoms with E-state index < -0.39 is 5.54 Å². The summed E-state index contributed by atoms with van der Waals surface area (Å²) < 4.78 is 5.70. The number of carbonyl (C=O) groups is 1. The topological polar surface area (TPSA) is 64.3 Å². The van der Waals surface area contributed by atoms with Crippen molar-refractivity contribution in [3.8, 4) is 0 Å². The van der Waals surface area contributed by atoms with Crippen LogP contribution in [0.5, 0.6) is 0 Å². The summed E-state index contributed by atoms with van der Waals surface area (Å²) >= 11 is 0. The lowest BCUT2D eigenvalue weighted by Crippen LogP contribution is -2.75. The number of halogens is 1. The van der Waals surface area contributed by atoms with Crippen LogP contribution in [0.1, 0.15) is 32.8 Å². The van der Waals surface area contributed by atoms with Crippen LogP contribution in [0.2, 0.25) is 0 Å². The maximum absolute atomic E-state index is 12.7. The maximum atomic E-state index is 12.7. The lowest BCUT2D eigenvalue weighted by molar-refractivity contribution is -0.170. The average molecular weight is 377 g/mol. The van der Waals surface area contributed by atoms with Crippen molar-refractivity contribution in [2.45, 2.75) is 45.3 Å². The summed E-state index contributed by atoms with van der Waals surface area (Å²) in [7, 11) is 0. The van der Waals surface area contributed by atoms with Crippen molar-refractivity contribution in [2.24, 2.45) is 11.1 Å². The zero-order valence-corrected chi connectivity index (χ0v) is 16.6. The van der Waals surface area contributed by atoms with E-state index in [1.54, 1.807) is 0 Å². The molecule has 0 saturated heterocycles. The van der Waals surface area contributed by atoms with E-state index >= 15 is 0 Å². The molecule has 2 aromatic rings. The Kier molecular flexibility index (Phi) is 6.33. The van der Waals surface area contributed by atoms with Gasteiger partial charge in [0.1, 0.15) is 5.54 Å². The number of carbonyl (C=O) groups excluding carboxylic acids is 1. The quantitative estimate of drug-likeness (QED) is 0.811. The zero-order chi connectivity index (χ0) is 18.1. The number of rotatable bonds is 6. The molecule has 142 valence electrons. The van der Waals surface area contributed by atoms with Gasteiger partial charge in [-0.2, -0.15) is 0 Å². The average Bonchev–Trinajstić information content (AvgIpc) is 2.61. The third-order valence-corrected chi connectivity index (χ3v) is 5.79. The Hall–Kier alpha value is -1.62. The lowest BCUT2D eigenvalue weighted by atomic mass is 9.54. The van der Waals surface area contributed by atoms with E-state index in [4.69, 9.17) is 10.5 Å². The van der Waals surface area contributed by atoms with Crippen LogP contribution in [-0.2, 0) is 16.0 Å². The number of fused-ring (bicyclic) bond motifs is 1. The first-order chi connectivity index (χ1) is 11.9. The molecule has 26 heavy (non-hydrogen) atoms. The molecule has 5 heteroatoms. The van der Waals surface area contributed by atoms with Crippen LogP contribution in [-0.4, -0.2) is 30.7 Å². The molecule has 0 aliphatic heterocycles. The highest BCUT2D eigenvalue weighted by Gasteiger charge is 2.62. The molecule has 0 spiro atoms. The van der Waals surface area contributed by atoms with Gasteiger partial charge in [-0.25, -0.2) is 0 Å². The van der Waals surface area contributed by atoms with Gasteiger partial charge in [0.25, 0.3) is 0 Å². The smallest absolute Gasteiger partial charge is 0.240 e. The van der Waals surface area contributed by atoms with E-state index in [-0.39, 0.29) is 29.8 Å². The van der Waals surface area contributed by atoms with Crippen molar-refractivity contribution >= 4 is 29.1 Å². The van der Waals surface area contributed by atoms with Crippen molar-refractivity contribution in [2.75, 3.05) is 13.2 Å². The molecule has 2 atom stereocenters. The molecule has 3 N–H and O–H groups in total. The summed E-state index contributed by atoms with van der Waals surface area (Å²) in [6, 6.07) is 14.6. The first-order valence-electron chi connectivity index (χ1n) is 9.05. The van der Waals surface area contributed by atoms with Gasteiger partial charge in [0, 0.05) is 25.0 Å². The minimum atomic E-state index is -0.856. The van der Waals surface area contributed by atoms with E-state index in [2.05, 4.69) is 35.6 Å². The molecule has 2 aromatic carbocycles. The van der Waals surface area contributed by atoms with Gasteiger partial charge in [0.2, 0.25) is 5.91 Å². The van der Waals surface area contributed by atoms with Crippen molar-refractivity contribution in [3.05, 3.63) is 48.0 Å². The first-order valence-corrected chi connectivity index (χ1v) is 9.05. The van der Waals surface area contributed by atoms with Gasteiger partial charge in [-0.3, -0.25) is 4.79 Å². The highest BCUT2D eigenvalue weighted by molar-refractivity contribution is 5.89. The molecule has 4 nitrogen and oxygen atoms in total. The minimum absolute atomic E-state index is 0. The maximum Gasteiger partial charge on any atom is 0.240 e. The summed E-state index contributed by atoms with van der Waals surface area (Å²) in [4.78, 5) is 12.7. The molecule has 2 unspecified atom stereocenters. The number of benzene rings is 2. The standard InChI is InChI=1S/C21H28N2O2.ClH/c1-4-25-18-14-21(22,20(18,2)3)19(24)23-13-12-16-10-7-9-15-8-5-6-11-17(15)16;/h5-11,18H,4,12-14,22H2,1-3H3,(H,23,24);1H. The molecular formula is C21H29ClN2O2. The molecule has 1 aliphatic rings. The van der Waals surface area contributed by atoms with Crippen LogP contribution in [0.25, 0.3) is 10.8 Å². The number of amides is 1. The SMILES string of the molecule is CCOC1CC(N)(C(=O)NCCc2cccc3ccccc23)C1(C)C.Cl. The first kappa shape index (κ1) is 20.7. The van der Waals surface area contributed by atoms with Crippen molar-refractivity contribution in [1.29, 1.82) is 0 Å². The van der Waals surface area contributed by atoms with Gasteiger partial charge in [-0.1, -0.05) is 56.3 Å². The molecule has 3 rings (SSSR count). The normalized spacial score (nSPS) is 23.8.